The molecule has 0 bridgehead atoms. The maximum Gasteiger partial charge on any atom is 0.328 e. The van der Waals surface area contributed by atoms with Crippen molar-refractivity contribution < 1.29 is 19.7 Å². The highest BCUT2D eigenvalue weighted by Gasteiger charge is 2.52. The van der Waals surface area contributed by atoms with Crippen LogP contribution < -0.4 is 5.69 Å². The Kier molecular flexibility index (Phi) is 4.68. The van der Waals surface area contributed by atoms with Gasteiger partial charge in [0, 0.05) is 23.1 Å². The number of nitrogens with one attached hydrogen (secondary N) is 1. The molecular weight excluding hydrogens is 326 g/mol. The zero-order valence-corrected chi connectivity index (χ0v) is 13.1. The molecule has 23 heavy (non-hydrogen) atoms. The lowest BCUT2D eigenvalue weighted by atomic mass is 9.99. The van der Waals surface area contributed by atoms with E-state index in [1.807, 2.05) is 0 Å². The van der Waals surface area contributed by atoms with Crippen LogP contribution in [0.15, 0.2) is 16.1 Å². The number of aliphatic hydroxyl groups is 2. The number of Topliss-reactive ketones (excluding diaryl/α,β-unsaturated/α-hetero) is 1. The Balaban J connectivity index is 2.47. The van der Waals surface area contributed by atoms with Gasteiger partial charge in [0.05, 0.1) is 0 Å². The SMILES string of the molecule is CC(=O)C(O)[C@H]1O[C@@H](n2cc(C)c(=S)[nH]c2=O)C[C@@]1(O)N=[N+]=[N-]. The van der Waals surface area contributed by atoms with Gasteiger partial charge in [-0.1, -0.05) is 17.3 Å². The van der Waals surface area contributed by atoms with Gasteiger partial charge in [-0.2, -0.15) is 0 Å². The Hall–Kier alpha value is -2.04. The summed E-state index contributed by atoms with van der Waals surface area (Å²) in [6.07, 6.45) is -3.12. The number of H-pyrrole nitrogens is 1. The number of carbonyl (C=O) groups excluding carboxylic acids is 1. The molecule has 1 unspecified atom stereocenters. The maximum atomic E-state index is 12.0. The summed E-state index contributed by atoms with van der Waals surface area (Å²) >= 11 is 4.95. The van der Waals surface area contributed by atoms with E-state index in [1.165, 1.54) is 6.20 Å². The number of ether oxygens (including phenoxy) is 1. The molecule has 10 nitrogen and oxygen atoms in total. The Bertz CT molecular complexity index is 798. The number of aromatic nitrogens is 2. The van der Waals surface area contributed by atoms with Gasteiger partial charge in [-0.15, -0.1) is 0 Å². The summed E-state index contributed by atoms with van der Waals surface area (Å²) in [5.41, 5.74) is 6.45. The van der Waals surface area contributed by atoms with Gasteiger partial charge >= 0.3 is 5.69 Å². The van der Waals surface area contributed by atoms with Gasteiger partial charge in [-0.05, 0) is 19.4 Å². The zero-order valence-electron chi connectivity index (χ0n) is 12.3. The second-order valence-corrected chi connectivity index (χ2v) is 5.73. The quantitative estimate of drug-likeness (QED) is 0.313. The van der Waals surface area contributed by atoms with Crippen LogP contribution in [0.3, 0.4) is 0 Å². The molecule has 2 heterocycles. The topological polar surface area (TPSA) is 153 Å². The van der Waals surface area contributed by atoms with Crippen molar-refractivity contribution in [2.75, 3.05) is 0 Å². The molecule has 124 valence electrons. The van der Waals surface area contributed by atoms with Crippen molar-refractivity contribution in [1.29, 1.82) is 0 Å². The standard InChI is InChI=1S/C12H15N5O5S/c1-5-4-17(11(20)14-10(5)23)7-3-12(21,15-16-13)9(22-7)8(19)6(2)18/h4,7-9,19,21H,3H2,1-2H3,(H,14,20,23)/t7-,8?,9-,12+/m1/s1. The molecule has 1 fully saturated rings. The average Bonchev–Trinajstić information content (AvgIpc) is 2.79. The smallest absolute Gasteiger partial charge is 0.328 e. The van der Waals surface area contributed by atoms with E-state index in [9.17, 15) is 19.8 Å². The highest BCUT2D eigenvalue weighted by atomic mass is 32.1. The fourth-order valence-electron chi connectivity index (χ4n) is 2.38. The molecule has 2 rings (SSSR count). The van der Waals surface area contributed by atoms with Crippen molar-refractivity contribution in [3.8, 4) is 0 Å². The lowest BCUT2D eigenvalue weighted by Crippen LogP contribution is -2.46. The van der Waals surface area contributed by atoms with Crippen molar-refractivity contribution >= 4 is 18.0 Å². The van der Waals surface area contributed by atoms with Gasteiger partial charge in [-0.3, -0.25) is 14.3 Å². The van der Waals surface area contributed by atoms with Crippen LogP contribution in [0.4, 0.5) is 0 Å². The summed E-state index contributed by atoms with van der Waals surface area (Å²) in [5.74, 6) is -0.668. The van der Waals surface area contributed by atoms with Crippen LogP contribution in [0.1, 0.15) is 25.1 Å². The third kappa shape index (κ3) is 3.19. The number of azide groups is 1. The fraction of sp³-hybridized carbons (Fsp3) is 0.583. The van der Waals surface area contributed by atoms with E-state index < -0.39 is 35.6 Å². The van der Waals surface area contributed by atoms with E-state index in [2.05, 4.69) is 15.0 Å². The number of ketones is 1. The molecule has 11 heteroatoms. The number of aromatic amines is 1. The van der Waals surface area contributed by atoms with Gasteiger partial charge in [-0.25, -0.2) is 4.79 Å². The lowest BCUT2D eigenvalue weighted by Gasteiger charge is -2.25. The maximum absolute atomic E-state index is 12.0. The van der Waals surface area contributed by atoms with Gasteiger partial charge in [0.25, 0.3) is 0 Å². The highest BCUT2D eigenvalue weighted by molar-refractivity contribution is 7.71. The van der Waals surface area contributed by atoms with Crippen molar-refractivity contribution in [2.24, 2.45) is 5.11 Å². The number of hydrogen-bond donors (Lipinski definition) is 3. The monoisotopic (exact) mass is 341 g/mol. The molecule has 0 radical (unpaired) electrons. The summed E-state index contributed by atoms with van der Waals surface area (Å²) in [6.45, 7) is 2.78. The Morgan fingerprint density at radius 2 is 2.39 bits per heavy atom. The molecule has 0 amide bonds. The van der Waals surface area contributed by atoms with Gasteiger partial charge in [0.2, 0.25) is 0 Å². The molecule has 1 aliphatic rings. The summed E-state index contributed by atoms with van der Waals surface area (Å²) in [5, 5.41) is 23.5. The summed E-state index contributed by atoms with van der Waals surface area (Å²) in [7, 11) is 0. The summed E-state index contributed by atoms with van der Waals surface area (Å²) < 4.78 is 6.82. The number of carbonyl (C=O) groups is 1. The van der Waals surface area contributed by atoms with E-state index in [-0.39, 0.29) is 11.1 Å². The molecule has 1 aromatic rings. The first-order valence-corrected chi connectivity index (χ1v) is 7.05. The molecule has 3 N–H and O–H groups in total. The van der Waals surface area contributed by atoms with Gasteiger partial charge in [0.1, 0.15) is 23.1 Å². The molecule has 1 saturated heterocycles. The minimum absolute atomic E-state index is 0.259. The average molecular weight is 341 g/mol. The molecule has 1 aliphatic heterocycles. The minimum atomic E-state index is -2.16. The predicted octanol–water partition coefficient (Wildman–Crippen LogP) is 0.451. The lowest BCUT2D eigenvalue weighted by molar-refractivity contribution is -0.147. The van der Waals surface area contributed by atoms with Gasteiger partial charge in [0.15, 0.2) is 11.5 Å². The molecular formula is C12H15N5O5S. The number of rotatable bonds is 4. The molecule has 0 aromatic carbocycles. The number of aryl methyl sites for hydroxylation is 1. The number of nitrogens with zero attached hydrogens (tertiary/aromatic N) is 4. The Morgan fingerprint density at radius 1 is 1.74 bits per heavy atom. The first kappa shape index (κ1) is 17.3. The van der Waals surface area contributed by atoms with E-state index >= 15 is 0 Å². The minimum Gasteiger partial charge on any atom is -0.382 e. The molecule has 0 aliphatic carbocycles. The van der Waals surface area contributed by atoms with Crippen molar-refractivity contribution in [3.05, 3.63) is 37.3 Å². The van der Waals surface area contributed by atoms with Crippen LogP contribution in [0.2, 0.25) is 0 Å². The van der Waals surface area contributed by atoms with Crippen molar-refractivity contribution in [2.45, 2.75) is 44.4 Å². The van der Waals surface area contributed by atoms with Crippen molar-refractivity contribution in [1.82, 2.24) is 9.55 Å². The fourth-order valence-corrected chi connectivity index (χ4v) is 2.52. The van der Waals surface area contributed by atoms with Crippen LogP contribution in [-0.2, 0) is 9.53 Å². The molecule has 4 atom stereocenters. The number of aliphatic hydroxyl groups excluding tert-OH is 1. The van der Waals surface area contributed by atoms with Crippen molar-refractivity contribution in [3.63, 3.8) is 0 Å². The van der Waals surface area contributed by atoms with E-state index in [0.717, 1.165) is 11.5 Å². The number of hydrogen-bond acceptors (Lipinski definition) is 7. The van der Waals surface area contributed by atoms with Crippen LogP contribution in [0, 0.1) is 11.6 Å². The summed E-state index contributed by atoms with van der Waals surface area (Å²) in [4.78, 5) is 28.3. The Labute approximate surface area is 135 Å². The Morgan fingerprint density at radius 3 is 2.96 bits per heavy atom. The highest BCUT2D eigenvalue weighted by Crippen LogP contribution is 2.39. The second-order valence-electron chi connectivity index (χ2n) is 5.32. The van der Waals surface area contributed by atoms with E-state index in [1.54, 1.807) is 6.92 Å². The molecule has 1 aromatic heterocycles. The third-order valence-electron chi connectivity index (χ3n) is 3.61. The first-order valence-electron chi connectivity index (χ1n) is 6.64. The van der Waals surface area contributed by atoms with Crippen LogP contribution in [0.5, 0.6) is 0 Å². The van der Waals surface area contributed by atoms with Crippen LogP contribution in [-0.4, -0.2) is 43.5 Å². The van der Waals surface area contributed by atoms with Gasteiger partial charge < -0.3 is 14.9 Å². The second kappa shape index (κ2) is 6.22. The van der Waals surface area contributed by atoms with E-state index in [0.29, 0.717) is 5.56 Å². The molecule has 0 saturated carbocycles. The largest absolute Gasteiger partial charge is 0.382 e. The normalized spacial score (nSPS) is 28.2. The van der Waals surface area contributed by atoms with Crippen LogP contribution in [0.25, 0.3) is 10.4 Å². The molecule has 0 spiro atoms. The third-order valence-corrected chi connectivity index (χ3v) is 4.04. The van der Waals surface area contributed by atoms with Crippen LogP contribution >= 0.6 is 12.2 Å². The first-order chi connectivity index (χ1) is 10.7. The predicted molar refractivity (Wildman–Crippen MR) is 79.9 cm³/mol. The summed E-state index contributed by atoms with van der Waals surface area (Å²) in [6, 6.07) is 0. The zero-order chi connectivity index (χ0) is 17.4. The van der Waals surface area contributed by atoms with E-state index in [4.69, 9.17) is 22.5 Å².